The lowest BCUT2D eigenvalue weighted by Crippen LogP contribution is -2.51. The van der Waals surface area contributed by atoms with E-state index in [1.165, 1.54) is 22.8 Å². The molecule has 0 unspecified atom stereocenters. The van der Waals surface area contributed by atoms with Crippen molar-refractivity contribution in [3.8, 4) is 5.75 Å². The van der Waals surface area contributed by atoms with E-state index < -0.39 is 11.8 Å². The molecule has 2 amide bonds. The van der Waals surface area contributed by atoms with Gasteiger partial charge < -0.3 is 4.74 Å². The zero-order chi connectivity index (χ0) is 20.4. The van der Waals surface area contributed by atoms with Crippen molar-refractivity contribution in [3.63, 3.8) is 0 Å². The molecule has 0 aromatic heterocycles. The maximum Gasteiger partial charge on any atom is 0.263 e. The fraction of sp³-hybridized carbons (Fsp3) is 0.190. The van der Waals surface area contributed by atoms with Gasteiger partial charge in [0, 0.05) is 16.5 Å². The number of halogens is 1. The summed E-state index contributed by atoms with van der Waals surface area (Å²) in [5, 5.41) is 4.86. The summed E-state index contributed by atoms with van der Waals surface area (Å²) in [7, 11) is 1.60. The zero-order valence-electron chi connectivity index (χ0n) is 15.7. The number of ether oxygens (including phenoxy) is 1. The Labute approximate surface area is 177 Å². The van der Waals surface area contributed by atoms with E-state index in [-0.39, 0.29) is 10.7 Å². The van der Waals surface area contributed by atoms with E-state index in [0.29, 0.717) is 17.7 Å². The molecular formula is C21H19BrN2O3S. The smallest absolute Gasteiger partial charge is 0.263 e. The molecule has 3 rings (SSSR count). The van der Waals surface area contributed by atoms with E-state index in [1.807, 2.05) is 12.1 Å². The Bertz CT molecular complexity index is 988. The molecule has 1 saturated heterocycles. The second kappa shape index (κ2) is 8.24. The summed E-state index contributed by atoms with van der Waals surface area (Å²) in [5.41, 5.74) is 5.25. The monoisotopic (exact) mass is 458 g/mol. The first-order valence-corrected chi connectivity index (χ1v) is 9.79. The van der Waals surface area contributed by atoms with Crippen molar-refractivity contribution in [1.29, 1.82) is 0 Å². The highest BCUT2D eigenvalue weighted by Gasteiger charge is 2.26. The van der Waals surface area contributed by atoms with E-state index in [4.69, 9.17) is 17.0 Å². The van der Waals surface area contributed by atoms with Gasteiger partial charge in [0.15, 0.2) is 5.11 Å². The maximum absolute atomic E-state index is 12.1. The van der Waals surface area contributed by atoms with Crippen LogP contribution in [0.1, 0.15) is 27.8 Å². The number of thiocarbonyl (C=S) groups is 1. The summed E-state index contributed by atoms with van der Waals surface area (Å²) in [6.07, 6.45) is 2.21. The van der Waals surface area contributed by atoms with Crippen LogP contribution in [0.5, 0.6) is 5.75 Å². The highest BCUT2D eigenvalue weighted by Crippen LogP contribution is 2.32. The van der Waals surface area contributed by atoms with Crippen molar-refractivity contribution in [3.05, 3.63) is 68.2 Å². The molecule has 2 aromatic rings. The molecule has 28 heavy (non-hydrogen) atoms. The fourth-order valence-corrected chi connectivity index (χ4v) is 4.00. The summed E-state index contributed by atoms with van der Waals surface area (Å²) < 4.78 is 6.42. The van der Waals surface area contributed by atoms with Crippen LogP contribution in [0.4, 0.5) is 0 Å². The third kappa shape index (κ3) is 4.48. The molecule has 2 aromatic carbocycles. The second-order valence-corrected chi connectivity index (χ2v) is 7.91. The van der Waals surface area contributed by atoms with Gasteiger partial charge in [-0.05, 0) is 55.4 Å². The third-order valence-corrected chi connectivity index (χ3v) is 5.23. The molecule has 2 N–H and O–H groups in total. The SMILES string of the molecule is COc1cc(C=C2C(=O)NC(=S)NC2=O)cc(Br)c1Cc1cc(C)cc(C)c1. The van der Waals surface area contributed by atoms with Gasteiger partial charge in [-0.2, -0.15) is 0 Å². The Hall–Kier alpha value is -2.51. The summed E-state index contributed by atoms with van der Waals surface area (Å²) in [5.74, 6) is -0.376. The maximum atomic E-state index is 12.1. The van der Waals surface area contributed by atoms with Crippen molar-refractivity contribution < 1.29 is 14.3 Å². The van der Waals surface area contributed by atoms with Gasteiger partial charge in [0.05, 0.1) is 7.11 Å². The number of nitrogens with one attached hydrogen (secondary N) is 2. The van der Waals surface area contributed by atoms with Crippen molar-refractivity contribution in [1.82, 2.24) is 10.6 Å². The molecule has 7 heteroatoms. The molecule has 1 fully saturated rings. The third-order valence-electron chi connectivity index (χ3n) is 4.31. The number of hydrogen-bond donors (Lipinski definition) is 2. The van der Waals surface area contributed by atoms with Crippen molar-refractivity contribution in [2.24, 2.45) is 0 Å². The number of aryl methyl sites for hydroxylation is 2. The number of benzene rings is 2. The topological polar surface area (TPSA) is 67.4 Å². The highest BCUT2D eigenvalue weighted by molar-refractivity contribution is 9.10. The van der Waals surface area contributed by atoms with Gasteiger partial charge in [-0.1, -0.05) is 45.3 Å². The molecule has 144 valence electrons. The predicted octanol–water partition coefficient (Wildman–Crippen LogP) is 3.58. The summed E-state index contributed by atoms with van der Waals surface area (Å²) in [6, 6.07) is 10.1. The lowest BCUT2D eigenvalue weighted by Gasteiger charge is -2.17. The Kier molecular flexibility index (Phi) is 5.96. The van der Waals surface area contributed by atoms with Gasteiger partial charge in [-0.25, -0.2) is 0 Å². The quantitative estimate of drug-likeness (QED) is 0.417. The molecule has 0 atom stereocenters. The fourth-order valence-electron chi connectivity index (χ4n) is 3.22. The molecule has 1 aliphatic heterocycles. The molecule has 1 heterocycles. The Balaban J connectivity index is 1.98. The van der Waals surface area contributed by atoms with Crippen LogP contribution in [0.25, 0.3) is 6.08 Å². The largest absolute Gasteiger partial charge is 0.496 e. The van der Waals surface area contributed by atoms with E-state index >= 15 is 0 Å². The molecule has 0 bridgehead atoms. The average molecular weight is 459 g/mol. The summed E-state index contributed by atoms with van der Waals surface area (Å²) in [4.78, 5) is 24.1. The van der Waals surface area contributed by atoms with Crippen LogP contribution in [0, 0.1) is 13.8 Å². The summed E-state index contributed by atoms with van der Waals surface area (Å²) >= 11 is 8.42. The van der Waals surface area contributed by atoms with E-state index in [1.54, 1.807) is 7.11 Å². The standard InChI is InChI=1S/C21H19BrN2O3S/c1-11-4-12(2)6-13(5-11)7-15-17(22)9-14(10-18(15)27-3)8-16-19(25)23-21(28)24-20(16)26/h4-6,8-10H,7H2,1-3H3,(H2,23,24,25,26,28). The Morgan fingerprint density at radius 3 is 2.21 bits per heavy atom. The lowest BCUT2D eigenvalue weighted by molar-refractivity contribution is -0.123. The first-order chi connectivity index (χ1) is 13.3. The molecule has 0 spiro atoms. The number of rotatable bonds is 4. The van der Waals surface area contributed by atoms with Crippen LogP contribution in [0.2, 0.25) is 0 Å². The first kappa shape index (κ1) is 20.2. The molecule has 0 saturated carbocycles. The number of methoxy groups -OCH3 is 1. The van der Waals surface area contributed by atoms with Gasteiger partial charge in [-0.3, -0.25) is 20.2 Å². The molecule has 0 radical (unpaired) electrons. The Morgan fingerprint density at radius 1 is 1.04 bits per heavy atom. The molecule has 0 aliphatic carbocycles. The molecular weight excluding hydrogens is 440 g/mol. The van der Waals surface area contributed by atoms with Gasteiger partial charge in [0.2, 0.25) is 0 Å². The van der Waals surface area contributed by atoms with Crippen molar-refractivity contribution >= 4 is 51.2 Å². The normalized spacial score (nSPS) is 13.9. The molecule has 5 nitrogen and oxygen atoms in total. The number of carbonyl (C=O) groups excluding carboxylic acids is 2. The van der Waals surface area contributed by atoms with Crippen LogP contribution >= 0.6 is 28.1 Å². The zero-order valence-corrected chi connectivity index (χ0v) is 18.1. The summed E-state index contributed by atoms with van der Waals surface area (Å²) in [6.45, 7) is 4.15. The van der Waals surface area contributed by atoms with E-state index in [9.17, 15) is 9.59 Å². The first-order valence-electron chi connectivity index (χ1n) is 8.58. The van der Waals surface area contributed by atoms with Gasteiger partial charge >= 0.3 is 0 Å². The van der Waals surface area contributed by atoms with Crippen LogP contribution in [0.3, 0.4) is 0 Å². The average Bonchev–Trinajstić information content (AvgIpc) is 2.59. The van der Waals surface area contributed by atoms with Crippen molar-refractivity contribution in [2.75, 3.05) is 7.11 Å². The number of amides is 2. The van der Waals surface area contributed by atoms with Crippen LogP contribution < -0.4 is 15.4 Å². The highest BCUT2D eigenvalue weighted by atomic mass is 79.9. The van der Waals surface area contributed by atoms with Crippen molar-refractivity contribution in [2.45, 2.75) is 20.3 Å². The van der Waals surface area contributed by atoms with Crippen LogP contribution in [0.15, 0.2) is 40.4 Å². The molecule has 1 aliphatic rings. The van der Waals surface area contributed by atoms with Gasteiger partial charge in [-0.15, -0.1) is 0 Å². The minimum absolute atomic E-state index is 0.00899. The number of carbonyl (C=O) groups is 2. The van der Waals surface area contributed by atoms with Crippen LogP contribution in [-0.2, 0) is 16.0 Å². The number of hydrogen-bond acceptors (Lipinski definition) is 4. The second-order valence-electron chi connectivity index (χ2n) is 6.65. The van der Waals surface area contributed by atoms with Gasteiger partial charge in [0.25, 0.3) is 11.8 Å². The minimum atomic E-state index is -0.525. The van der Waals surface area contributed by atoms with Crippen LogP contribution in [-0.4, -0.2) is 24.0 Å². The lowest BCUT2D eigenvalue weighted by atomic mass is 9.98. The van der Waals surface area contributed by atoms with Gasteiger partial charge in [0.1, 0.15) is 11.3 Å². The Morgan fingerprint density at radius 2 is 1.64 bits per heavy atom. The minimum Gasteiger partial charge on any atom is -0.496 e. The predicted molar refractivity (Wildman–Crippen MR) is 116 cm³/mol. The van der Waals surface area contributed by atoms with E-state index in [2.05, 4.69) is 58.6 Å². The van der Waals surface area contributed by atoms with E-state index in [0.717, 1.165) is 10.0 Å².